The average molecular weight is 281 g/mol. The molecule has 98 valence electrons. The first-order chi connectivity index (χ1) is 9.08. The van der Waals surface area contributed by atoms with Crippen LogP contribution in [0.5, 0.6) is 0 Å². The summed E-state index contributed by atoms with van der Waals surface area (Å²) >= 11 is 5.89. The Kier molecular flexibility index (Phi) is 3.76. The maximum absolute atomic E-state index is 12.0. The number of hydrogen-bond acceptors (Lipinski definition) is 5. The highest BCUT2D eigenvalue weighted by molar-refractivity contribution is 6.34. The Balaban J connectivity index is 2.18. The standard InChI is InChI=1S/C11H9ClN4O3/c1-6(17)13-9-10(16-19-15-9)14-11(18)7-4-2-3-5-8(7)12/h2-5H,1H3,(H,13,15,17)(H,14,16,18). The van der Waals surface area contributed by atoms with E-state index in [2.05, 4.69) is 25.6 Å². The van der Waals surface area contributed by atoms with Gasteiger partial charge in [-0.05, 0) is 22.4 Å². The van der Waals surface area contributed by atoms with Gasteiger partial charge in [0.05, 0.1) is 10.6 Å². The van der Waals surface area contributed by atoms with Crippen LogP contribution < -0.4 is 10.6 Å². The minimum Gasteiger partial charge on any atom is -0.305 e. The van der Waals surface area contributed by atoms with Crippen LogP contribution in [-0.4, -0.2) is 22.1 Å². The number of carbonyl (C=O) groups is 2. The molecule has 19 heavy (non-hydrogen) atoms. The second-order valence-electron chi connectivity index (χ2n) is 3.58. The lowest BCUT2D eigenvalue weighted by atomic mass is 10.2. The van der Waals surface area contributed by atoms with Crippen molar-refractivity contribution < 1.29 is 14.2 Å². The van der Waals surface area contributed by atoms with Gasteiger partial charge in [0.15, 0.2) is 0 Å². The lowest BCUT2D eigenvalue weighted by Gasteiger charge is -2.04. The molecule has 1 aromatic carbocycles. The summed E-state index contributed by atoms with van der Waals surface area (Å²) in [5.41, 5.74) is 0.279. The van der Waals surface area contributed by atoms with Gasteiger partial charge in [-0.25, -0.2) is 4.63 Å². The Bertz CT molecular complexity index is 626. The van der Waals surface area contributed by atoms with Crippen LogP contribution in [0.2, 0.25) is 5.02 Å². The van der Waals surface area contributed by atoms with E-state index < -0.39 is 5.91 Å². The van der Waals surface area contributed by atoms with Crippen molar-refractivity contribution >= 4 is 35.1 Å². The van der Waals surface area contributed by atoms with Crippen molar-refractivity contribution in [3.63, 3.8) is 0 Å². The van der Waals surface area contributed by atoms with Gasteiger partial charge in [-0.1, -0.05) is 23.7 Å². The summed E-state index contributed by atoms with van der Waals surface area (Å²) < 4.78 is 4.45. The average Bonchev–Trinajstić information content (AvgIpc) is 2.76. The van der Waals surface area contributed by atoms with E-state index >= 15 is 0 Å². The van der Waals surface area contributed by atoms with Crippen LogP contribution in [0.3, 0.4) is 0 Å². The molecular weight excluding hydrogens is 272 g/mol. The van der Waals surface area contributed by atoms with Crippen molar-refractivity contribution in [1.82, 2.24) is 10.3 Å². The second kappa shape index (κ2) is 5.49. The maximum Gasteiger partial charge on any atom is 0.258 e. The Labute approximate surface area is 112 Å². The predicted molar refractivity (Wildman–Crippen MR) is 68.0 cm³/mol. The minimum atomic E-state index is -0.479. The fourth-order valence-electron chi connectivity index (χ4n) is 1.34. The van der Waals surface area contributed by atoms with Gasteiger partial charge in [0.1, 0.15) is 0 Å². The quantitative estimate of drug-likeness (QED) is 0.895. The highest BCUT2D eigenvalue weighted by Gasteiger charge is 2.16. The number of nitrogens with one attached hydrogen (secondary N) is 2. The molecule has 2 aromatic rings. The van der Waals surface area contributed by atoms with Gasteiger partial charge in [0, 0.05) is 6.92 Å². The lowest BCUT2D eigenvalue weighted by molar-refractivity contribution is -0.114. The molecule has 1 aromatic heterocycles. The molecule has 0 spiro atoms. The summed E-state index contributed by atoms with van der Waals surface area (Å²) in [6.45, 7) is 1.30. The third-order valence-corrected chi connectivity index (χ3v) is 2.46. The third-order valence-electron chi connectivity index (χ3n) is 2.13. The summed E-state index contributed by atoms with van der Waals surface area (Å²) in [4.78, 5) is 22.9. The van der Waals surface area contributed by atoms with Crippen LogP contribution in [0, 0.1) is 0 Å². The van der Waals surface area contributed by atoms with Crippen LogP contribution in [0.25, 0.3) is 0 Å². The third kappa shape index (κ3) is 3.08. The van der Waals surface area contributed by atoms with Crippen molar-refractivity contribution in [2.45, 2.75) is 6.92 Å². The monoisotopic (exact) mass is 280 g/mol. The van der Waals surface area contributed by atoms with Crippen molar-refractivity contribution in [3.8, 4) is 0 Å². The van der Waals surface area contributed by atoms with Crippen molar-refractivity contribution in [2.75, 3.05) is 10.6 Å². The van der Waals surface area contributed by atoms with E-state index in [0.717, 1.165) is 0 Å². The zero-order valence-electron chi connectivity index (χ0n) is 9.81. The summed E-state index contributed by atoms with van der Waals surface area (Å²) in [5, 5.41) is 12.1. The molecule has 1 heterocycles. The van der Waals surface area contributed by atoms with E-state index in [9.17, 15) is 9.59 Å². The zero-order valence-corrected chi connectivity index (χ0v) is 10.6. The number of amides is 2. The number of nitrogens with zero attached hydrogens (tertiary/aromatic N) is 2. The molecule has 8 heteroatoms. The topological polar surface area (TPSA) is 97.1 Å². The molecule has 0 bridgehead atoms. The summed E-state index contributed by atoms with van der Waals surface area (Å²) in [7, 11) is 0. The fraction of sp³-hybridized carbons (Fsp3) is 0.0909. The summed E-state index contributed by atoms with van der Waals surface area (Å²) in [6, 6.07) is 6.53. The first-order valence-electron chi connectivity index (χ1n) is 5.24. The first-order valence-corrected chi connectivity index (χ1v) is 5.61. The van der Waals surface area contributed by atoms with Crippen LogP contribution in [0.4, 0.5) is 11.6 Å². The molecule has 0 aliphatic rings. The number of benzene rings is 1. The van der Waals surface area contributed by atoms with Gasteiger partial charge < -0.3 is 10.6 Å². The Hall–Kier alpha value is -2.41. The number of halogens is 1. The van der Waals surface area contributed by atoms with Crippen LogP contribution in [0.15, 0.2) is 28.9 Å². The van der Waals surface area contributed by atoms with Crippen LogP contribution in [-0.2, 0) is 4.79 Å². The molecule has 0 saturated carbocycles. The SMILES string of the molecule is CC(=O)Nc1nonc1NC(=O)c1ccccc1Cl. The first kappa shape index (κ1) is 13.0. The highest BCUT2D eigenvalue weighted by Crippen LogP contribution is 2.19. The Morgan fingerprint density at radius 2 is 1.79 bits per heavy atom. The molecule has 2 rings (SSSR count). The maximum atomic E-state index is 12.0. The number of rotatable bonds is 3. The van der Waals surface area contributed by atoms with E-state index in [0.29, 0.717) is 5.02 Å². The normalized spacial score (nSPS) is 10.0. The molecule has 2 amide bonds. The van der Waals surface area contributed by atoms with Crippen LogP contribution >= 0.6 is 11.6 Å². The van der Waals surface area contributed by atoms with E-state index in [1.807, 2.05) is 0 Å². The Morgan fingerprint density at radius 1 is 1.16 bits per heavy atom. The molecule has 0 aliphatic carbocycles. The second-order valence-corrected chi connectivity index (χ2v) is 3.98. The summed E-state index contributed by atoms with van der Waals surface area (Å²) in [5.74, 6) is -0.787. The Morgan fingerprint density at radius 3 is 2.42 bits per heavy atom. The van der Waals surface area contributed by atoms with Crippen molar-refractivity contribution in [2.24, 2.45) is 0 Å². The van der Waals surface area contributed by atoms with Gasteiger partial charge in [-0.3, -0.25) is 9.59 Å². The highest BCUT2D eigenvalue weighted by atomic mass is 35.5. The number of carbonyl (C=O) groups excluding carboxylic acids is 2. The van der Waals surface area contributed by atoms with Gasteiger partial charge in [-0.2, -0.15) is 0 Å². The number of hydrogen-bond donors (Lipinski definition) is 2. The molecule has 0 atom stereocenters. The fourth-order valence-corrected chi connectivity index (χ4v) is 1.56. The van der Waals surface area contributed by atoms with E-state index in [1.165, 1.54) is 6.92 Å². The minimum absolute atomic E-state index is 0.0140. The van der Waals surface area contributed by atoms with Crippen molar-refractivity contribution in [1.29, 1.82) is 0 Å². The van der Waals surface area contributed by atoms with Crippen LogP contribution in [0.1, 0.15) is 17.3 Å². The molecular formula is C11H9ClN4O3. The predicted octanol–water partition coefficient (Wildman–Crippen LogP) is 1.93. The summed E-state index contributed by atoms with van der Waals surface area (Å²) in [6.07, 6.45) is 0. The van der Waals surface area contributed by atoms with Crippen molar-refractivity contribution in [3.05, 3.63) is 34.9 Å². The molecule has 0 aliphatic heterocycles. The smallest absolute Gasteiger partial charge is 0.258 e. The zero-order chi connectivity index (χ0) is 13.8. The molecule has 0 fully saturated rings. The van der Waals surface area contributed by atoms with Gasteiger partial charge in [-0.15, -0.1) is 0 Å². The molecule has 7 nitrogen and oxygen atoms in total. The van der Waals surface area contributed by atoms with E-state index in [4.69, 9.17) is 11.6 Å². The van der Waals surface area contributed by atoms with Gasteiger partial charge >= 0.3 is 0 Å². The molecule has 0 unspecified atom stereocenters. The molecule has 0 saturated heterocycles. The molecule has 2 N–H and O–H groups in total. The number of anilines is 2. The molecule has 0 radical (unpaired) electrons. The largest absolute Gasteiger partial charge is 0.305 e. The van der Waals surface area contributed by atoms with Gasteiger partial charge in [0.25, 0.3) is 5.91 Å². The van der Waals surface area contributed by atoms with Gasteiger partial charge in [0.2, 0.25) is 17.5 Å². The van der Waals surface area contributed by atoms with E-state index in [-0.39, 0.29) is 23.1 Å². The number of aromatic nitrogens is 2. The van der Waals surface area contributed by atoms with E-state index in [1.54, 1.807) is 24.3 Å². The lowest BCUT2D eigenvalue weighted by Crippen LogP contribution is -2.15.